The van der Waals surface area contributed by atoms with Crippen LogP contribution in [0.1, 0.15) is 18.4 Å². The van der Waals surface area contributed by atoms with Gasteiger partial charge in [0.25, 0.3) is 5.12 Å². The van der Waals surface area contributed by atoms with E-state index in [1.54, 1.807) is 0 Å². The predicted molar refractivity (Wildman–Crippen MR) is 55.9 cm³/mol. The Morgan fingerprint density at radius 3 is 2.33 bits per heavy atom. The SMILES string of the molecule is O=C(CCCc1ccccc1)S(=O)(=O)O. The minimum absolute atomic E-state index is 0.145. The Labute approximate surface area is 88.7 Å². The fourth-order valence-electron chi connectivity index (χ4n) is 1.21. The highest BCUT2D eigenvalue weighted by Gasteiger charge is 2.16. The van der Waals surface area contributed by atoms with Crippen LogP contribution in [0.25, 0.3) is 0 Å². The second-order valence-corrected chi connectivity index (χ2v) is 4.59. The molecule has 0 aliphatic heterocycles. The van der Waals surface area contributed by atoms with Crippen LogP contribution in [0, 0.1) is 0 Å². The zero-order valence-corrected chi connectivity index (χ0v) is 8.90. The van der Waals surface area contributed by atoms with Crippen molar-refractivity contribution in [2.45, 2.75) is 19.3 Å². The second-order valence-electron chi connectivity index (χ2n) is 3.19. The molecule has 82 valence electrons. The molecule has 0 atom stereocenters. The molecule has 0 unspecified atom stereocenters. The highest BCUT2D eigenvalue weighted by Crippen LogP contribution is 2.06. The monoisotopic (exact) mass is 228 g/mol. The molecule has 0 fully saturated rings. The van der Waals surface area contributed by atoms with E-state index in [-0.39, 0.29) is 6.42 Å². The van der Waals surface area contributed by atoms with Crippen molar-refractivity contribution in [3.05, 3.63) is 35.9 Å². The van der Waals surface area contributed by atoms with Gasteiger partial charge in [-0.2, -0.15) is 8.42 Å². The van der Waals surface area contributed by atoms with E-state index in [9.17, 15) is 13.2 Å². The molecule has 1 aromatic carbocycles. The zero-order chi connectivity index (χ0) is 11.3. The average molecular weight is 228 g/mol. The van der Waals surface area contributed by atoms with Gasteiger partial charge in [0.1, 0.15) is 0 Å². The fourth-order valence-corrected chi connectivity index (χ4v) is 1.61. The third kappa shape index (κ3) is 4.22. The van der Waals surface area contributed by atoms with Gasteiger partial charge >= 0.3 is 10.1 Å². The van der Waals surface area contributed by atoms with E-state index in [0.29, 0.717) is 12.8 Å². The largest absolute Gasteiger partial charge is 0.328 e. The van der Waals surface area contributed by atoms with E-state index in [1.165, 1.54) is 0 Å². The van der Waals surface area contributed by atoms with Gasteiger partial charge in [0.2, 0.25) is 0 Å². The Hall–Kier alpha value is -1.20. The van der Waals surface area contributed by atoms with Crippen molar-refractivity contribution in [1.82, 2.24) is 0 Å². The van der Waals surface area contributed by atoms with Crippen LogP contribution in [0.2, 0.25) is 0 Å². The van der Waals surface area contributed by atoms with Crippen LogP contribution >= 0.6 is 0 Å². The summed E-state index contributed by atoms with van der Waals surface area (Å²) < 4.78 is 29.2. The summed E-state index contributed by atoms with van der Waals surface area (Å²) in [6.45, 7) is 0. The number of hydrogen-bond donors (Lipinski definition) is 1. The van der Waals surface area contributed by atoms with Gasteiger partial charge in [-0.25, -0.2) is 0 Å². The number of rotatable bonds is 4. The minimum Gasteiger partial charge on any atom is -0.280 e. The van der Waals surface area contributed by atoms with E-state index in [4.69, 9.17) is 4.55 Å². The summed E-state index contributed by atoms with van der Waals surface area (Å²) in [5, 5.41) is -1.11. The van der Waals surface area contributed by atoms with E-state index in [0.717, 1.165) is 5.56 Å². The van der Waals surface area contributed by atoms with Gasteiger partial charge in [0.05, 0.1) is 0 Å². The molecule has 1 aromatic rings. The lowest BCUT2D eigenvalue weighted by molar-refractivity contribution is -0.112. The van der Waals surface area contributed by atoms with Gasteiger partial charge < -0.3 is 0 Å². The smallest absolute Gasteiger partial charge is 0.280 e. The van der Waals surface area contributed by atoms with Gasteiger partial charge in [0.15, 0.2) is 0 Å². The Morgan fingerprint density at radius 1 is 1.20 bits per heavy atom. The van der Waals surface area contributed by atoms with Gasteiger partial charge in [-0.1, -0.05) is 30.3 Å². The summed E-state index contributed by atoms with van der Waals surface area (Å²) in [7, 11) is -4.50. The van der Waals surface area contributed by atoms with E-state index >= 15 is 0 Å². The lowest BCUT2D eigenvalue weighted by atomic mass is 10.1. The molecule has 0 bridgehead atoms. The molecular formula is C10H12O4S. The molecule has 5 heteroatoms. The summed E-state index contributed by atoms with van der Waals surface area (Å²) in [6, 6.07) is 9.43. The van der Waals surface area contributed by atoms with Gasteiger partial charge in [-0.3, -0.25) is 9.35 Å². The van der Waals surface area contributed by atoms with Crippen molar-refractivity contribution < 1.29 is 17.8 Å². The number of carbonyl (C=O) groups excluding carboxylic acids is 1. The number of carbonyl (C=O) groups is 1. The van der Waals surface area contributed by atoms with Gasteiger partial charge in [-0.15, -0.1) is 0 Å². The average Bonchev–Trinajstić information content (AvgIpc) is 2.18. The van der Waals surface area contributed by atoms with Crippen molar-refractivity contribution in [2.75, 3.05) is 0 Å². The topological polar surface area (TPSA) is 71.4 Å². The molecule has 0 spiro atoms. The second kappa shape index (κ2) is 5.04. The van der Waals surface area contributed by atoms with Crippen LogP contribution < -0.4 is 0 Å². The van der Waals surface area contributed by atoms with Crippen molar-refractivity contribution in [3.63, 3.8) is 0 Å². The third-order valence-electron chi connectivity index (χ3n) is 1.98. The van der Waals surface area contributed by atoms with Gasteiger partial charge in [-0.05, 0) is 18.4 Å². The molecule has 0 aromatic heterocycles. The van der Waals surface area contributed by atoms with Crippen molar-refractivity contribution in [2.24, 2.45) is 0 Å². The molecule has 0 saturated heterocycles. The first kappa shape index (κ1) is 11.9. The molecule has 0 aliphatic rings. The third-order valence-corrected chi connectivity index (χ3v) is 2.76. The van der Waals surface area contributed by atoms with E-state index < -0.39 is 15.2 Å². The first-order valence-electron chi connectivity index (χ1n) is 4.54. The number of hydrogen-bond acceptors (Lipinski definition) is 3. The van der Waals surface area contributed by atoms with Crippen molar-refractivity contribution in [3.8, 4) is 0 Å². The van der Waals surface area contributed by atoms with Crippen LogP contribution in [0.4, 0.5) is 0 Å². The van der Waals surface area contributed by atoms with Crippen LogP contribution in [-0.2, 0) is 21.3 Å². The summed E-state index contributed by atoms with van der Waals surface area (Å²) in [4.78, 5) is 10.8. The van der Waals surface area contributed by atoms with Gasteiger partial charge in [0, 0.05) is 6.42 Å². The van der Waals surface area contributed by atoms with E-state index in [1.807, 2.05) is 30.3 Å². The minimum atomic E-state index is -4.50. The standard InChI is InChI=1S/C10H12O4S/c11-10(15(12,13)14)8-4-7-9-5-2-1-3-6-9/h1-3,5-6H,4,7-8H2,(H,12,13,14). The van der Waals surface area contributed by atoms with Crippen LogP contribution in [0.15, 0.2) is 30.3 Å². The van der Waals surface area contributed by atoms with Crippen LogP contribution in [0.5, 0.6) is 0 Å². The molecule has 0 aliphatic carbocycles. The zero-order valence-electron chi connectivity index (χ0n) is 8.09. The Bertz CT molecular complexity index is 422. The first-order chi connectivity index (χ1) is 7.00. The molecular weight excluding hydrogens is 216 g/mol. The summed E-state index contributed by atoms with van der Waals surface area (Å²) in [5.74, 6) is 0. The van der Waals surface area contributed by atoms with Crippen LogP contribution in [-0.4, -0.2) is 18.1 Å². The maximum Gasteiger partial charge on any atom is 0.328 e. The quantitative estimate of drug-likeness (QED) is 0.791. The normalized spacial score (nSPS) is 11.3. The molecule has 0 saturated carbocycles. The van der Waals surface area contributed by atoms with Crippen molar-refractivity contribution >= 4 is 15.2 Å². The Morgan fingerprint density at radius 2 is 1.80 bits per heavy atom. The lowest BCUT2D eigenvalue weighted by Gasteiger charge is -1.99. The lowest BCUT2D eigenvalue weighted by Crippen LogP contribution is -2.12. The summed E-state index contributed by atoms with van der Waals surface area (Å²) in [5.41, 5.74) is 1.04. The number of benzene rings is 1. The van der Waals surface area contributed by atoms with Crippen molar-refractivity contribution in [1.29, 1.82) is 0 Å². The van der Waals surface area contributed by atoms with Crippen LogP contribution in [0.3, 0.4) is 0 Å². The molecule has 4 nitrogen and oxygen atoms in total. The molecule has 0 heterocycles. The Balaban J connectivity index is 2.38. The molecule has 1 N–H and O–H groups in total. The molecule has 15 heavy (non-hydrogen) atoms. The van der Waals surface area contributed by atoms with E-state index in [2.05, 4.69) is 0 Å². The highest BCUT2D eigenvalue weighted by molar-refractivity contribution is 8.01. The molecule has 1 rings (SSSR count). The molecule has 0 amide bonds. The highest BCUT2D eigenvalue weighted by atomic mass is 32.2. The first-order valence-corrected chi connectivity index (χ1v) is 5.98. The fraction of sp³-hybridized carbons (Fsp3) is 0.300. The number of aryl methyl sites for hydroxylation is 1. The Kier molecular flexibility index (Phi) is 3.99. The maximum absolute atomic E-state index is 10.8. The maximum atomic E-state index is 10.8. The molecule has 0 radical (unpaired) electrons. The summed E-state index contributed by atoms with van der Waals surface area (Å²) >= 11 is 0. The predicted octanol–water partition coefficient (Wildman–Crippen LogP) is 1.42. The summed E-state index contributed by atoms with van der Waals surface area (Å²) in [6.07, 6.45) is 0.901.